The van der Waals surface area contributed by atoms with Crippen LogP contribution in [0.5, 0.6) is 0 Å². The van der Waals surface area contributed by atoms with Crippen molar-refractivity contribution in [2.24, 2.45) is 5.92 Å². The fraction of sp³-hybridized carbons (Fsp3) is 0.500. The highest BCUT2D eigenvalue weighted by molar-refractivity contribution is 9.10. The lowest BCUT2D eigenvalue weighted by molar-refractivity contribution is 0.320. The number of hydrogen-bond donors (Lipinski definition) is 0. The van der Waals surface area contributed by atoms with Gasteiger partial charge in [0.1, 0.15) is 5.82 Å². The molecule has 88 valence electrons. The topological polar surface area (TPSA) is 3.24 Å². The smallest absolute Gasteiger partial charge is 0.124 e. The minimum atomic E-state index is -0.183. The molecule has 1 heterocycles. The van der Waals surface area contributed by atoms with Crippen molar-refractivity contribution in [3.63, 3.8) is 0 Å². The van der Waals surface area contributed by atoms with Gasteiger partial charge < -0.3 is 0 Å². The van der Waals surface area contributed by atoms with E-state index in [9.17, 15) is 4.39 Å². The molecule has 0 aliphatic carbocycles. The summed E-state index contributed by atoms with van der Waals surface area (Å²) in [5.74, 6) is 1.14. The van der Waals surface area contributed by atoms with Gasteiger partial charge in [0.15, 0.2) is 0 Å². The summed E-state index contributed by atoms with van der Waals surface area (Å²) >= 11 is 9.14. The Morgan fingerprint density at radius 1 is 1.44 bits per heavy atom. The Bertz CT molecular complexity index is 352. The van der Waals surface area contributed by atoms with Gasteiger partial charge in [0.25, 0.3) is 0 Å². The van der Waals surface area contributed by atoms with Crippen molar-refractivity contribution in [3.8, 4) is 0 Å². The Labute approximate surface area is 109 Å². The van der Waals surface area contributed by atoms with Gasteiger partial charge in [0.05, 0.1) is 0 Å². The van der Waals surface area contributed by atoms with E-state index in [1.165, 1.54) is 6.07 Å². The molecule has 1 unspecified atom stereocenters. The fourth-order valence-corrected chi connectivity index (χ4v) is 2.91. The van der Waals surface area contributed by atoms with Gasteiger partial charge in [0, 0.05) is 23.4 Å². The average molecular weight is 307 g/mol. The number of likely N-dealkylation sites (tertiary alicyclic amines) is 1. The second-order valence-corrected chi connectivity index (χ2v) is 5.55. The summed E-state index contributed by atoms with van der Waals surface area (Å²) in [7, 11) is 0. The van der Waals surface area contributed by atoms with Gasteiger partial charge in [-0.15, -0.1) is 11.6 Å². The number of rotatable bonds is 3. The van der Waals surface area contributed by atoms with E-state index in [-0.39, 0.29) is 5.82 Å². The predicted octanol–water partition coefficient (Wildman–Crippen LogP) is 3.65. The van der Waals surface area contributed by atoms with Crippen LogP contribution >= 0.6 is 27.5 Å². The molecule has 0 N–H and O–H groups in total. The van der Waals surface area contributed by atoms with E-state index in [1.807, 2.05) is 6.07 Å². The van der Waals surface area contributed by atoms with Gasteiger partial charge in [-0.3, -0.25) is 4.90 Å². The van der Waals surface area contributed by atoms with E-state index < -0.39 is 0 Å². The molecule has 1 aromatic rings. The molecular formula is C12H14BrClFN. The Kier molecular flexibility index (Phi) is 4.22. The number of hydrogen-bond acceptors (Lipinski definition) is 1. The molecular weight excluding hydrogens is 292 g/mol. The summed E-state index contributed by atoms with van der Waals surface area (Å²) in [6.45, 7) is 2.90. The first-order valence-corrected chi connectivity index (χ1v) is 6.73. The van der Waals surface area contributed by atoms with Crippen LogP contribution in [0.25, 0.3) is 0 Å². The van der Waals surface area contributed by atoms with Gasteiger partial charge in [-0.05, 0) is 42.6 Å². The first kappa shape index (κ1) is 12.3. The highest BCUT2D eigenvalue weighted by atomic mass is 79.9. The van der Waals surface area contributed by atoms with Crippen molar-refractivity contribution >= 4 is 27.5 Å². The summed E-state index contributed by atoms with van der Waals surface area (Å²) in [5.41, 5.74) is 1.02. The largest absolute Gasteiger partial charge is 0.299 e. The zero-order valence-electron chi connectivity index (χ0n) is 8.93. The standard InChI is InChI=1S/C12H14BrClFN/c13-11-3-10(4-12(15)5-11)8-16-2-1-9(6-14)7-16/h3-5,9H,1-2,6-8H2. The van der Waals surface area contributed by atoms with Crippen LogP contribution in [0.3, 0.4) is 0 Å². The molecule has 1 aliphatic heterocycles. The fourth-order valence-electron chi connectivity index (χ4n) is 2.14. The molecule has 4 heteroatoms. The molecule has 1 atom stereocenters. The number of benzene rings is 1. The quantitative estimate of drug-likeness (QED) is 0.771. The lowest BCUT2D eigenvalue weighted by Crippen LogP contribution is -2.20. The first-order chi connectivity index (χ1) is 7.67. The molecule has 0 radical (unpaired) electrons. The first-order valence-electron chi connectivity index (χ1n) is 5.40. The van der Waals surface area contributed by atoms with Crippen LogP contribution in [0.2, 0.25) is 0 Å². The molecule has 0 spiro atoms. The molecule has 16 heavy (non-hydrogen) atoms. The van der Waals surface area contributed by atoms with Crippen LogP contribution in [0, 0.1) is 11.7 Å². The Morgan fingerprint density at radius 2 is 2.25 bits per heavy atom. The summed E-state index contributed by atoms with van der Waals surface area (Å²) in [4.78, 5) is 2.33. The SMILES string of the molecule is Fc1cc(Br)cc(CN2CCC(CCl)C2)c1. The van der Waals surface area contributed by atoms with Crippen LogP contribution in [-0.2, 0) is 6.54 Å². The molecule has 1 fully saturated rings. The van der Waals surface area contributed by atoms with Gasteiger partial charge >= 0.3 is 0 Å². The molecule has 0 amide bonds. The van der Waals surface area contributed by atoms with Crippen molar-refractivity contribution in [2.45, 2.75) is 13.0 Å². The van der Waals surface area contributed by atoms with Gasteiger partial charge in [-0.25, -0.2) is 4.39 Å². The Morgan fingerprint density at radius 3 is 2.88 bits per heavy atom. The van der Waals surface area contributed by atoms with E-state index in [0.717, 1.165) is 42.0 Å². The highest BCUT2D eigenvalue weighted by Crippen LogP contribution is 2.21. The van der Waals surface area contributed by atoms with Crippen LogP contribution < -0.4 is 0 Å². The van der Waals surface area contributed by atoms with Gasteiger partial charge in [-0.1, -0.05) is 15.9 Å². The minimum absolute atomic E-state index is 0.183. The van der Waals surface area contributed by atoms with Gasteiger partial charge in [0.2, 0.25) is 0 Å². The van der Waals surface area contributed by atoms with Gasteiger partial charge in [-0.2, -0.15) is 0 Å². The summed E-state index contributed by atoms with van der Waals surface area (Å²) in [6.07, 6.45) is 1.15. The monoisotopic (exact) mass is 305 g/mol. The van der Waals surface area contributed by atoms with E-state index in [4.69, 9.17) is 11.6 Å². The van der Waals surface area contributed by atoms with E-state index in [2.05, 4.69) is 20.8 Å². The zero-order valence-corrected chi connectivity index (χ0v) is 11.3. The summed E-state index contributed by atoms with van der Waals surface area (Å²) < 4.78 is 14.0. The third-order valence-corrected chi connectivity index (χ3v) is 3.81. The normalized spacial score (nSPS) is 21.6. The molecule has 1 aromatic carbocycles. The number of alkyl halides is 1. The van der Waals surface area contributed by atoms with Crippen LogP contribution in [0.4, 0.5) is 4.39 Å². The third kappa shape index (κ3) is 3.19. The number of nitrogens with zero attached hydrogens (tertiary/aromatic N) is 1. The van der Waals surface area contributed by atoms with Crippen LogP contribution in [0.1, 0.15) is 12.0 Å². The molecule has 0 aromatic heterocycles. The Hall–Kier alpha value is -0.120. The Balaban J connectivity index is 1.99. The number of halogens is 3. The lowest BCUT2D eigenvalue weighted by Gasteiger charge is -2.15. The maximum Gasteiger partial charge on any atom is 0.124 e. The maximum absolute atomic E-state index is 13.2. The molecule has 1 saturated heterocycles. The van der Waals surface area contributed by atoms with E-state index in [1.54, 1.807) is 6.07 Å². The van der Waals surface area contributed by atoms with Crippen LogP contribution in [0.15, 0.2) is 22.7 Å². The second kappa shape index (κ2) is 5.48. The van der Waals surface area contributed by atoms with Crippen molar-refractivity contribution in [3.05, 3.63) is 34.1 Å². The molecule has 1 aliphatic rings. The van der Waals surface area contributed by atoms with Crippen molar-refractivity contribution < 1.29 is 4.39 Å². The summed E-state index contributed by atoms with van der Waals surface area (Å²) in [6, 6.07) is 5.05. The third-order valence-electron chi connectivity index (χ3n) is 2.92. The molecule has 0 bridgehead atoms. The second-order valence-electron chi connectivity index (χ2n) is 4.32. The average Bonchev–Trinajstić information content (AvgIpc) is 2.64. The maximum atomic E-state index is 13.2. The van der Waals surface area contributed by atoms with Crippen molar-refractivity contribution in [1.82, 2.24) is 4.90 Å². The summed E-state index contributed by atoms with van der Waals surface area (Å²) in [5, 5.41) is 0. The lowest BCUT2D eigenvalue weighted by atomic mass is 10.2. The highest BCUT2D eigenvalue weighted by Gasteiger charge is 2.21. The van der Waals surface area contributed by atoms with E-state index >= 15 is 0 Å². The van der Waals surface area contributed by atoms with Crippen LogP contribution in [-0.4, -0.2) is 23.9 Å². The molecule has 2 rings (SSSR count). The molecule has 1 nitrogen and oxygen atoms in total. The van der Waals surface area contributed by atoms with Crippen molar-refractivity contribution in [1.29, 1.82) is 0 Å². The van der Waals surface area contributed by atoms with Crippen molar-refractivity contribution in [2.75, 3.05) is 19.0 Å². The predicted molar refractivity (Wildman–Crippen MR) is 68.2 cm³/mol. The minimum Gasteiger partial charge on any atom is -0.299 e. The van der Waals surface area contributed by atoms with E-state index in [0.29, 0.717) is 5.92 Å². The molecule has 0 saturated carbocycles. The zero-order chi connectivity index (χ0) is 11.5.